The first-order chi connectivity index (χ1) is 10.5. The van der Waals surface area contributed by atoms with Crippen molar-refractivity contribution in [1.82, 2.24) is 0 Å². The van der Waals surface area contributed by atoms with Gasteiger partial charge in [-0.2, -0.15) is 0 Å². The zero-order valence-corrected chi connectivity index (χ0v) is 13.2. The van der Waals surface area contributed by atoms with E-state index in [0.29, 0.717) is 17.7 Å². The third-order valence-electron chi connectivity index (χ3n) is 3.13. The van der Waals surface area contributed by atoms with Crippen molar-refractivity contribution >= 4 is 5.97 Å². The van der Waals surface area contributed by atoms with Crippen LogP contribution in [0.2, 0.25) is 0 Å². The van der Waals surface area contributed by atoms with Gasteiger partial charge in [-0.1, -0.05) is 0 Å². The van der Waals surface area contributed by atoms with Gasteiger partial charge in [0, 0.05) is 13.0 Å². The Morgan fingerprint density at radius 1 is 1.18 bits per heavy atom. The quantitative estimate of drug-likeness (QED) is 0.397. The van der Waals surface area contributed by atoms with E-state index in [1.807, 2.05) is 6.92 Å². The number of ether oxygens (including phenoxy) is 3. The Morgan fingerprint density at radius 2 is 1.86 bits per heavy atom. The second kappa shape index (κ2) is 9.48. The number of hydrogen-bond acceptors (Lipinski definition) is 4. The van der Waals surface area contributed by atoms with Crippen molar-refractivity contribution in [2.75, 3.05) is 20.0 Å². The van der Waals surface area contributed by atoms with E-state index in [-0.39, 0.29) is 32.2 Å². The first-order valence-electron chi connectivity index (χ1n) is 7.32. The first kappa shape index (κ1) is 18.5. The molecular formula is C16H22F2O4. The first-order valence-corrected chi connectivity index (χ1v) is 7.32. The van der Waals surface area contributed by atoms with E-state index in [4.69, 9.17) is 14.2 Å². The highest BCUT2D eigenvalue weighted by Gasteiger charge is 2.17. The van der Waals surface area contributed by atoms with Crippen molar-refractivity contribution in [3.63, 3.8) is 0 Å². The van der Waals surface area contributed by atoms with Gasteiger partial charge in [0.15, 0.2) is 11.6 Å². The molecule has 0 bridgehead atoms. The molecule has 0 radical (unpaired) electrons. The molecule has 0 fully saturated rings. The molecule has 1 atom stereocenters. The number of halogens is 2. The third-order valence-corrected chi connectivity index (χ3v) is 3.13. The standard InChI is InChI=1S/C16H22F2O4/c1-4-20-10-22-11(3)13-9-15(18)14(17)8-12(13)6-7-16(19)21-5-2/h8-9,11H,4-7,10H2,1-3H3/t11-/m1/s1. The van der Waals surface area contributed by atoms with Gasteiger partial charge in [-0.15, -0.1) is 0 Å². The molecule has 0 spiro atoms. The number of carbonyl (C=O) groups is 1. The predicted molar refractivity (Wildman–Crippen MR) is 77.3 cm³/mol. The Kier molecular flexibility index (Phi) is 7.98. The molecule has 0 aliphatic carbocycles. The lowest BCUT2D eigenvalue weighted by atomic mass is 9.98. The van der Waals surface area contributed by atoms with Gasteiger partial charge in [-0.25, -0.2) is 8.78 Å². The molecule has 1 rings (SSSR count). The van der Waals surface area contributed by atoms with Crippen molar-refractivity contribution in [2.24, 2.45) is 0 Å². The van der Waals surface area contributed by atoms with Crippen LogP contribution in [0.1, 0.15) is 44.4 Å². The lowest BCUT2D eigenvalue weighted by Crippen LogP contribution is -2.11. The average Bonchev–Trinajstić information content (AvgIpc) is 2.48. The summed E-state index contributed by atoms with van der Waals surface area (Å²) >= 11 is 0. The maximum atomic E-state index is 13.5. The topological polar surface area (TPSA) is 44.8 Å². The van der Waals surface area contributed by atoms with E-state index in [9.17, 15) is 13.6 Å². The van der Waals surface area contributed by atoms with E-state index in [2.05, 4.69) is 0 Å². The maximum absolute atomic E-state index is 13.5. The van der Waals surface area contributed by atoms with E-state index < -0.39 is 17.7 Å². The molecule has 0 N–H and O–H groups in total. The van der Waals surface area contributed by atoms with Gasteiger partial charge >= 0.3 is 5.97 Å². The lowest BCUT2D eigenvalue weighted by Gasteiger charge is -2.17. The van der Waals surface area contributed by atoms with Gasteiger partial charge in [0.05, 0.1) is 12.7 Å². The third kappa shape index (κ3) is 5.69. The van der Waals surface area contributed by atoms with Crippen molar-refractivity contribution in [2.45, 2.75) is 39.7 Å². The second-order valence-corrected chi connectivity index (χ2v) is 4.69. The number of benzene rings is 1. The summed E-state index contributed by atoms with van der Waals surface area (Å²) in [5.41, 5.74) is 1.03. The molecule has 0 heterocycles. The van der Waals surface area contributed by atoms with Crippen molar-refractivity contribution in [1.29, 1.82) is 0 Å². The monoisotopic (exact) mass is 316 g/mol. The zero-order valence-electron chi connectivity index (χ0n) is 13.2. The van der Waals surface area contributed by atoms with Crippen LogP contribution in [0, 0.1) is 11.6 Å². The Hall–Kier alpha value is -1.53. The van der Waals surface area contributed by atoms with Crippen LogP contribution in [-0.4, -0.2) is 26.0 Å². The number of aryl methyl sites for hydroxylation is 1. The molecule has 0 saturated heterocycles. The van der Waals surface area contributed by atoms with Crippen LogP contribution in [0.4, 0.5) is 8.78 Å². The average molecular weight is 316 g/mol. The fourth-order valence-electron chi connectivity index (χ4n) is 1.99. The number of esters is 1. The molecule has 6 heteroatoms. The number of rotatable bonds is 9. The minimum Gasteiger partial charge on any atom is -0.466 e. The molecule has 0 unspecified atom stereocenters. The fraction of sp³-hybridized carbons (Fsp3) is 0.562. The Balaban J connectivity index is 2.84. The number of carbonyl (C=O) groups excluding carboxylic acids is 1. The summed E-state index contributed by atoms with van der Waals surface area (Å²) in [6.45, 7) is 6.12. The lowest BCUT2D eigenvalue weighted by molar-refractivity contribution is -0.143. The molecule has 0 aliphatic rings. The maximum Gasteiger partial charge on any atom is 0.306 e. The van der Waals surface area contributed by atoms with Crippen LogP contribution >= 0.6 is 0 Å². The van der Waals surface area contributed by atoms with Crippen LogP contribution in [0.5, 0.6) is 0 Å². The fourth-order valence-corrected chi connectivity index (χ4v) is 1.99. The summed E-state index contributed by atoms with van der Waals surface area (Å²) in [7, 11) is 0. The van der Waals surface area contributed by atoms with Crippen molar-refractivity contribution in [3.05, 3.63) is 34.9 Å². The van der Waals surface area contributed by atoms with Gasteiger partial charge in [-0.05, 0) is 50.5 Å². The Bertz CT molecular complexity index is 491. The molecule has 0 saturated carbocycles. The second-order valence-electron chi connectivity index (χ2n) is 4.69. The van der Waals surface area contributed by atoms with Crippen molar-refractivity contribution < 1.29 is 27.8 Å². The molecule has 22 heavy (non-hydrogen) atoms. The Labute approximate surface area is 129 Å². The highest BCUT2D eigenvalue weighted by molar-refractivity contribution is 5.69. The highest BCUT2D eigenvalue weighted by Crippen LogP contribution is 2.25. The molecular weight excluding hydrogens is 294 g/mol. The summed E-state index contributed by atoms with van der Waals surface area (Å²) in [6.07, 6.45) is -0.114. The normalized spacial score (nSPS) is 12.2. The smallest absolute Gasteiger partial charge is 0.306 e. The molecule has 0 amide bonds. The molecule has 124 valence electrons. The van der Waals surface area contributed by atoms with Crippen LogP contribution in [0.15, 0.2) is 12.1 Å². The largest absolute Gasteiger partial charge is 0.466 e. The summed E-state index contributed by atoms with van der Waals surface area (Å²) in [6, 6.07) is 2.21. The van der Waals surface area contributed by atoms with Gasteiger partial charge in [0.25, 0.3) is 0 Å². The SMILES string of the molecule is CCOCO[C@H](C)c1cc(F)c(F)cc1CCC(=O)OCC. The predicted octanol–water partition coefficient (Wildman–Crippen LogP) is 3.53. The zero-order chi connectivity index (χ0) is 16.5. The van der Waals surface area contributed by atoms with Crippen LogP contribution in [0.25, 0.3) is 0 Å². The van der Waals surface area contributed by atoms with E-state index in [1.165, 1.54) is 0 Å². The van der Waals surface area contributed by atoms with E-state index in [0.717, 1.165) is 12.1 Å². The number of hydrogen-bond donors (Lipinski definition) is 0. The minimum atomic E-state index is -0.945. The molecule has 4 nitrogen and oxygen atoms in total. The summed E-state index contributed by atoms with van der Waals surface area (Å²) < 4.78 is 42.3. The summed E-state index contributed by atoms with van der Waals surface area (Å²) in [4.78, 5) is 11.4. The van der Waals surface area contributed by atoms with E-state index in [1.54, 1.807) is 13.8 Å². The van der Waals surface area contributed by atoms with E-state index >= 15 is 0 Å². The van der Waals surface area contributed by atoms with Crippen LogP contribution in [0.3, 0.4) is 0 Å². The molecule has 1 aromatic rings. The van der Waals surface area contributed by atoms with Crippen molar-refractivity contribution in [3.8, 4) is 0 Å². The minimum absolute atomic E-state index is 0.0635. The highest BCUT2D eigenvalue weighted by atomic mass is 19.2. The molecule has 0 aromatic heterocycles. The Morgan fingerprint density at radius 3 is 2.50 bits per heavy atom. The molecule has 1 aromatic carbocycles. The van der Waals surface area contributed by atoms with Gasteiger partial charge in [0.2, 0.25) is 0 Å². The molecule has 0 aliphatic heterocycles. The van der Waals surface area contributed by atoms with Gasteiger partial charge < -0.3 is 14.2 Å². The van der Waals surface area contributed by atoms with Crippen LogP contribution in [-0.2, 0) is 25.4 Å². The summed E-state index contributed by atoms with van der Waals surface area (Å²) in [5.74, 6) is -2.26. The van der Waals surface area contributed by atoms with Crippen LogP contribution < -0.4 is 0 Å². The summed E-state index contributed by atoms with van der Waals surface area (Å²) in [5, 5.41) is 0. The van der Waals surface area contributed by atoms with Gasteiger partial charge in [0.1, 0.15) is 6.79 Å². The van der Waals surface area contributed by atoms with Gasteiger partial charge in [-0.3, -0.25) is 4.79 Å².